The second-order valence-electron chi connectivity index (χ2n) is 6.34. The van der Waals surface area contributed by atoms with Crippen molar-refractivity contribution in [3.8, 4) is 5.69 Å². The Kier molecular flexibility index (Phi) is 4.82. The van der Waals surface area contributed by atoms with Gasteiger partial charge in [0.15, 0.2) is 5.69 Å². The van der Waals surface area contributed by atoms with E-state index in [2.05, 4.69) is 23.3 Å². The summed E-state index contributed by atoms with van der Waals surface area (Å²) in [6, 6.07) is 17.7. The molecule has 3 aromatic rings. The van der Waals surface area contributed by atoms with Gasteiger partial charge in [-0.1, -0.05) is 54.1 Å². The molecule has 0 unspecified atom stereocenters. The van der Waals surface area contributed by atoms with E-state index in [0.29, 0.717) is 17.3 Å². The normalized spacial score (nSPS) is 14.4. The van der Waals surface area contributed by atoms with Crippen molar-refractivity contribution < 1.29 is 9.53 Å². The van der Waals surface area contributed by atoms with Gasteiger partial charge in [-0.05, 0) is 49.1 Å². The Morgan fingerprint density at radius 2 is 1.89 bits per heavy atom. The van der Waals surface area contributed by atoms with Gasteiger partial charge in [0.1, 0.15) is 0 Å². The van der Waals surface area contributed by atoms with E-state index in [1.54, 1.807) is 11.6 Å². The summed E-state index contributed by atoms with van der Waals surface area (Å²) in [5.74, 6) is -0.388. The fraction of sp³-hybridized carbons (Fsp3) is 0.182. The Morgan fingerprint density at radius 3 is 2.63 bits per heavy atom. The molecule has 0 radical (unpaired) electrons. The van der Waals surface area contributed by atoms with Crippen molar-refractivity contribution >= 4 is 29.2 Å². The molecule has 0 N–H and O–H groups in total. The summed E-state index contributed by atoms with van der Waals surface area (Å²) in [6.45, 7) is 2.11. The number of nitrogens with zero attached hydrogens (tertiary/aromatic N) is 2. The number of carbonyl (C=O) groups excluding carboxylic acids is 1. The highest BCUT2D eigenvalue weighted by Crippen LogP contribution is 2.38. The standard InChI is InChI=1S/C22H19ClN2O2/c1-2-27-22(26)20-17-13-12-16(14-15-8-4-3-5-9-15)21(17)25(24-20)19-11-7-6-10-18(19)23/h3-11,14H,2,12-13H2,1H3. The Bertz CT molecular complexity index is 1020. The molecule has 0 atom stereocenters. The second-order valence-corrected chi connectivity index (χ2v) is 6.75. The molecule has 4 rings (SSSR count). The number of carbonyl (C=O) groups is 1. The van der Waals surface area contributed by atoms with Crippen LogP contribution in [0.1, 0.15) is 40.7 Å². The fourth-order valence-corrected chi connectivity index (χ4v) is 3.66. The van der Waals surface area contributed by atoms with Crippen molar-refractivity contribution in [3.05, 3.63) is 82.1 Å². The minimum absolute atomic E-state index is 0.319. The molecule has 27 heavy (non-hydrogen) atoms. The molecule has 0 bridgehead atoms. The van der Waals surface area contributed by atoms with Crippen LogP contribution in [0.15, 0.2) is 54.6 Å². The largest absolute Gasteiger partial charge is 0.461 e. The molecule has 1 heterocycles. The smallest absolute Gasteiger partial charge is 0.359 e. The molecule has 1 aliphatic rings. The lowest BCUT2D eigenvalue weighted by molar-refractivity contribution is 0.0517. The van der Waals surface area contributed by atoms with E-state index in [1.165, 1.54) is 0 Å². The first-order valence-corrected chi connectivity index (χ1v) is 9.36. The average Bonchev–Trinajstić information content (AvgIpc) is 3.25. The molecule has 0 aliphatic heterocycles. The summed E-state index contributed by atoms with van der Waals surface area (Å²) >= 11 is 6.42. The summed E-state index contributed by atoms with van der Waals surface area (Å²) in [7, 11) is 0. The SMILES string of the molecule is CCOC(=O)c1nn(-c2ccccc2Cl)c2c1CCC2=Cc1ccccc1. The molecule has 136 valence electrons. The lowest BCUT2D eigenvalue weighted by Crippen LogP contribution is -2.09. The molecular formula is C22H19ClN2O2. The molecule has 0 spiro atoms. The van der Waals surface area contributed by atoms with Gasteiger partial charge in [0.2, 0.25) is 0 Å². The molecule has 0 saturated heterocycles. The van der Waals surface area contributed by atoms with Crippen molar-refractivity contribution in [2.24, 2.45) is 0 Å². The van der Waals surface area contributed by atoms with Gasteiger partial charge in [0, 0.05) is 5.56 Å². The topological polar surface area (TPSA) is 44.1 Å². The van der Waals surface area contributed by atoms with E-state index in [1.807, 2.05) is 42.5 Å². The zero-order valence-electron chi connectivity index (χ0n) is 15.0. The van der Waals surface area contributed by atoms with Gasteiger partial charge in [0.25, 0.3) is 0 Å². The molecule has 0 fully saturated rings. The van der Waals surface area contributed by atoms with Crippen LogP contribution in [0.4, 0.5) is 0 Å². The molecule has 5 heteroatoms. The minimum Gasteiger partial charge on any atom is -0.461 e. The highest BCUT2D eigenvalue weighted by molar-refractivity contribution is 6.32. The number of halogens is 1. The van der Waals surface area contributed by atoms with E-state index in [0.717, 1.165) is 40.9 Å². The Labute approximate surface area is 163 Å². The van der Waals surface area contributed by atoms with Gasteiger partial charge in [-0.25, -0.2) is 9.48 Å². The molecular weight excluding hydrogens is 360 g/mol. The number of aromatic nitrogens is 2. The zero-order chi connectivity index (χ0) is 18.8. The third kappa shape index (κ3) is 3.28. The Morgan fingerprint density at radius 1 is 1.15 bits per heavy atom. The zero-order valence-corrected chi connectivity index (χ0v) is 15.7. The Hall–Kier alpha value is -2.85. The number of benzene rings is 2. The van der Waals surface area contributed by atoms with Crippen molar-refractivity contribution in [3.63, 3.8) is 0 Å². The van der Waals surface area contributed by atoms with Crippen molar-refractivity contribution in [2.75, 3.05) is 6.61 Å². The van der Waals surface area contributed by atoms with E-state index in [9.17, 15) is 4.79 Å². The van der Waals surface area contributed by atoms with Crippen molar-refractivity contribution in [2.45, 2.75) is 19.8 Å². The van der Waals surface area contributed by atoms with Gasteiger partial charge in [-0.15, -0.1) is 0 Å². The second kappa shape index (κ2) is 7.41. The molecule has 0 saturated carbocycles. The van der Waals surface area contributed by atoms with E-state index >= 15 is 0 Å². The summed E-state index contributed by atoms with van der Waals surface area (Å²) in [5.41, 5.74) is 5.25. The number of fused-ring (bicyclic) bond motifs is 1. The number of hydrogen-bond acceptors (Lipinski definition) is 3. The van der Waals surface area contributed by atoms with Crippen LogP contribution >= 0.6 is 11.6 Å². The lowest BCUT2D eigenvalue weighted by atomic mass is 10.1. The maximum atomic E-state index is 12.4. The van der Waals surface area contributed by atoms with Crippen LogP contribution in [-0.2, 0) is 11.2 Å². The quantitative estimate of drug-likeness (QED) is 0.587. The molecule has 1 aromatic heterocycles. The molecule has 1 aliphatic carbocycles. The maximum Gasteiger partial charge on any atom is 0.359 e. The van der Waals surface area contributed by atoms with Gasteiger partial charge in [0.05, 0.1) is 23.0 Å². The molecule has 2 aromatic carbocycles. The summed E-state index contributed by atoms with van der Waals surface area (Å²) < 4.78 is 7.00. The maximum absolute atomic E-state index is 12.4. The highest BCUT2D eigenvalue weighted by atomic mass is 35.5. The Balaban J connectivity index is 1.90. The molecule has 0 amide bonds. The summed E-state index contributed by atoms with van der Waals surface area (Å²) in [4.78, 5) is 12.4. The van der Waals surface area contributed by atoms with Gasteiger partial charge in [-0.3, -0.25) is 0 Å². The van der Waals surface area contributed by atoms with E-state index in [4.69, 9.17) is 16.3 Å². The van der Waals surface area contributed by atoms with Crippen LogP contribution in [-0.4, -0.2) is 22.4 Å². The summed E-state index contributed by atoms with van der Waals surface area (Å²) in [5, 5.41) is 5.18. The van der Waals surface area contributed by atoms with Crippen molar-refractivity contribution in [1.82, 2.24) is 9.78 Å². The number of ether oxygens (including phenoxy) is 1. The lowest BCUT2D eigenvalue weighted by Gasteiger charge is -2.09. The first-order valence-electron chi connectivity index (χ1n) is 8.99. The average molecular weight is 379 g/mol. The predicted octanol–water partition coefficient (Wildman–Crippen LogP) is 5.19. The van der Waals surface area contributed by atoms with Crippen LogP contribution in [0.5, 0.6) is 0 Å². The van der Waals surface area contributed by atoms with Crippen LogP contribution in [0.3, 0.4) is 0 Å². The number of para-hydroxylation sites is 1. The first-order chi connectivity index (χ1) is 13.2. The number of rotatable bonds is 4. The summed E-state index contributed by atoms with van der Waals surface area (Å²) in [6.07, 6.45) is 3.75. The number of esters is 1. The third-order valence-electron chi connectivity index (χ3n) is 4.62. The number of hydrogen-bond donors (Lipinski definition) is 0. The third-order valence-corrected chi connectivity index (χ3v) is 4.94. The molecule has 4 nitrogen and oxygen atoms in total. The minimum atomic E-state index is -0.388. The van der Waals surface area contributed by atoms with Crippen molar-refractivity contribution in [1.29, 1.82) is 0 Å². The van der Waals surface area contributed by atoms with Gasteiger partial charge in [-0.2, -0.15) is 5.10 Å². The van der Waals surface area contributed by atoms with Crippen LogP contribution in [0.2, 0.25) is 5.02 Å². The van der Waals surface area contributed by atoms with Crippen LogP contribution in [0.25, 0.3) is 17.3 Å². The highest BCUT2D eigenvalue weighted by Gasteiger charge is 2.31. The number of allylic oxidation sites excluding steroid dienone is 1. The monoisotopic (exact) mass is 378 g/mol. The van der Waals surface area contributed by atoms with E-state index < -0.39 is 0 Å². The fourth-order valence-electron chi connectivity index (χ4n) is 3.45. The van der Waals surface area contributed by atoms with Crippen LogP contribution in [0, 0.1) is 0 Å². The van der Waals surface area contributed by atoms with Crippen LogP contribution < -0.4 is 0 Å². The van der Waals surface area contributed by atoms with Gasteiger partial charge >= 0.3 is 5.97 Å². The van der Waals surface area contributed by atoms with E-state index in [-0.39, 0.29) is 5.97 Å². The predicted molar refractivity (Wildman–Crippen MR) is 107 cm³/mol. The van der Waals surface area contributed by atoms with Gasteiger partial charge < -0.3 is 4.74 Å². The first kappa shape index (κ1) is 17.6.